The highest BCUT2D eigenvalue weighted by molar-refractivity contribution is 7.13. The molecular formula is C23H25N3OS. The molecule has 1 amide bonds. The molecule has 0 fully saturated rings. The Kier molecular flexibility index (Phi) is 5.53. The van der Waals surface area contributed by atoms with Gasteiger partial charge in [0.05, 0.1) is 5.69 Å². The fourth-order valence-corrected chi connectivity index (χ4v) is 4.79. The number of amides is 1. The van der Waals surface area contributed by atoms with E-state index >= 15 is 0 Å². The summed E-state index contributed by atoms with van der Waals surface area (Å²) < 4.78 is 0. The molecule has 4 nitrogen and oxygen atoms in total. The highest BCUT2D eigenvalue weighted by Crippen LogP contribution is 2.35. The summed E-state index contributed by atoms with van der Waals surface area (Å²) in [5.41, 5.74) is 5.54. The van der Waals surface area contributed by atoms with Crippen LogP contribution in [0.1, 0.15) is 45.1 Å². The lowest BCUT2D eigenvalue weighted by Crippen LogP contribution is -2.39. The first-order chi connectivity index (χ1) is 13.7. The molecule has 0 bridgehead atoms. The van der Waals surface area contributed by atoms with Crippen LogP contribution in [0.3, 0.4) is 0 Å². The highest BCUT2D eigenvalue weighted by atomic mass is 32.1. The molecule has 0 aliphatic carbocycles. The number of carbonyl (C=O) groups excluding carboxylic acids is 1. The molecule has 0 atom stereocenters. The van der Waals surface area contributed by atoms with E-state index in [1.54, 1.807) is 23.7 Å². The van der Waals surface area contributed by atoms with Crippen molar-refractivity contribution < 1.29 is 4.79 Å². The maximum Gasteiger partial charge on any atom is 0.227 e. The van der Waals surface area contributed by atoms with Crippen LogP contribution in [0.4, 0.5) is 5.69 Å². The van der Waals surface area contributed by atoms with Crippen LogP contribution in [0.25, 0.3) is 21.8 Å². The third-order valence-corrected chi connectivity index (χ3v) is 6.37. The zero-order chi connectivity index (χ0) is 19.5. The fraction of sp³-hybridized carbons (Fsp3) is 0.348. The van der Waals surface area contributed by atoms with Gasteiger partial charge in [-0.2, -0.15) is 0 Å². The van der Waals surface area contributed by atoms with Gasteiger partial charge in [0, 0.05) is 47.1 Å². The van der Waals surface area contributed by atoms with Gasteiger partial charge in [-0.15, -0.1) is 11.3 Å². The zero-order valence-corrected chi connectivity index (χ0v) is 17.2. The smallest absolute Gasteiger partial charge is 0.227 e. The molecule has 1 aliphatic heterocycles. The Labute approximate surface area is 170 Å². The Morgan fingerprint density at radius 1 is 1.07 bits per heavy atom. The van der Waals surface area contributed by atoms with E-state index in [1.807, 2.05) is 12.1 Å². The van der Waals surface area contributed by atoms with Crippen LogP contribution < -0.4 is 4.90 Å². The minimum Gasteiger partial charge on any atom is -0.309 e. The minimum atomic E-state index is 0.258. The third kappa shape index (κ3) is 3.59. The summed E-state index contributed by atoms with van der Waals surface area (Å²) in [5.74, 6) is 0.258. The summed E-state index contributed by atoms with van der Waals surface area (Å²) in [6, 6.07) is 10.7. The van der Waals surface area contributed by atoms with Gasteiger partial charge in [0.2, 0.25) is 5.91 Å². The van der Waals surface area contributed by atoms with Crippen molar-refractivity contribution >= 4 is 22.9 Å². The van der Waals surface area contributed by atoms with E-state index in [2.05, 4.69) is 47.3 Å². The molecule has 1 aliphatic rings. The molecule has 5 heteroatoms. The van der Waals surface area contributed by atoms with Crippen LogP contribution in [-0.4, -0.2) is 21.9 Å². The molecule has 0 unspecified atom stereocenters. The summed E-state index contributed by atoms with van der Waals surface area (Å²) in [5, 5.41) is 3.11. The van der Waals surface area contributed by atoms with Crippen molar-refractivity contribution in [3.63, 3.8) is 0 Å². The predicted octanol–water partition coefficient (Wildman–Crippen LogP) is 5.73. The van der Waals surface area contributed by atoms with Gasteiger partial charge in [-0.1, -0.05) is 19.9 Å². The van der Waals surface area contributed by atoms with Crippen LogP contribution in [0, 0.1) is 0 Å². The Morgan fingerprint density at radius 2 is 1.86 bits per heavy atom. The maximum atomic E-state index is 12.8. The number of thiazole rings is 1. The average Bonchev–Trinajstić information content (AvgIpc) is 3.17. The maximum absolute atomic E-state index is 12.8. The molecular weight excluding hydrogens is 366 g/mol. The summed E-state index contributed by atoms with van der Waals surface area (Å²) in [6.45, 7) is 4.33. The number of aromatic nitrogens is 2. The van der Waals surface area contributed by atoms with Gasteiger partial charge in [0.15, 0.2) is 0 Å². The van der Waals surface area contributed by atoms with Crippen molar-refractivity contribution in [1.82, 2.24) is 9.97 Å². The molecule has 2 aromatic heterocycles. The van der Waals surface area contributed by atoms with Crippen molar-refractivity contribution in [3.8, 4) is 21.8 Å². The van der Waals surface area contributed by atoms with Gasteiger partial charge in [-0.3, -0.25) is 9.78 Å². The van der Waals surface area contributed by atoms with Gasteiger partial charge in [0.25, 0.3) is 0 Å². The molecule has 0 saturated heterocycles. The predicted molar refractivity (Wildman–Crippen MR) is 116 cm³/mol. The lowest BCUT2D eigenvalue weighted by molar-refractivity contribution is -0.119. The summed E-state index contributed by atoms with van der Waals surface area (Å²) in [6.07, 6.45) is 8.02. The van der Waals surface area contributed by atoms with Crippen molar-refractivity contribution in [1.29, 1.82) is 0 Å². The molecule has 3 aromatic rings. The second kappa shape index (κ2) is 8.23. The van der Waals surface area contributed by atoms with E-state index in [0.29, 0.717) is 6.42 Å². The summed E-state index contributed by atoms with van der Waals surface area (Å²) in [7, 11) is 0. The number of anilines is 1. The van der Waals surface area contributed by atoms with Crippen LogP contribution in [0.5, 0.6) is 0 Å². The van der Waals surface area contributed by atoms with E-state index in [1.165, 1.54) is 5.56 Å². The molecule has 0 saturated carbocycles. The molecule has 3 heterocycles. The van der Waals surface area contributed by atoms with Crippen LogP contribution in [0.2, 0.25) is 0 Å². The standard InChI is InChI=1S/C23H25N3OS/c1-3-19(4-2)26-21-9-8-17(14-18(21)6-5-7-22(26)27)20-15-28-23(25-20)16-10-12-24-13-11-16/h8-15,19H,3-7H2,1-2H3. The van der Waals surface area contributed by atoms with E-state index in [4.69, 9.17) is 4.98 Å². The normalized spacial score (nSPS) is 14.2. The Balaban J connectivity index is 1.70. The highest BCUT2D eigenvalue weighted by Gasteiger charge is 2.27. The molecule has 0 spiro atoms. The number of nitrogens with zero attached hydrogens (tertiary/aromatic N) is 3. The average molecular weight is 392 g/mol. The molecule has 144 valence electrons. The number of fused-ring (bicyclic) bond motifs is 1. The number of benzene rings is 1. The van der Waals surface area contributed by atoms with Crippen LogP contribution in [0.15, 0.2) is 48.1 Å². The molecule has 1 aromatic carbocycles. The first kappa shape index (κ1) is 18.8. The number of carbonyl (C=O) groups is 1. The van der Waals surface area contributed by atoms with E-state index in [9.17, 15) is 4.79 Å². The zero-order valence-electron chi connectivity index (χ0n) is 16.4. The van der Waals surface area contributed by atoms with E-state index in [0.717, 1.165) is 53.2 Å². The first-order valence-electron chi connectivity index (χ1n) is 10.0. The van der Waals surface area contributed by atoms with Gasteiger partial charge >= 0.3 is 0 Å². The van der Waals surface area contributed by atoms with Crippen LogP contribution >= 0.6 is 11.3 Å². The number of pyridine rings is 1. The number of hydrogen-bond donors (Lipinski definition) is 0. The molecule has 28 heavy (non-hydrogen) atoms. The second-order valence-electron chi connectivity index (χ2n) is 7.20. The molecule has 0 radical (unpaired) electrons. The van der Waals surface area contributed by atoms with Gasteiger partial charge < -0.3 is 4.90 Å². The number of aryl methyl sites for hydroxylation is 1. The van der Waals surface area contributed by atoms with Crippen molar-refractivity contribution in [3.05, 3.63) is 53.7 Å². The van der Waals surface area contributed by atoms with Gasteiger partial charge in [-0.25, -0.2) is 4.98 Å². The lowest BCUT2D eigenvalue weighted by Gasteiger charge is -2.31. The summed E-state index contributed by atoms with van der Waals surface area (Å²) >= 11 is 1.65. The minimum absolute atomic E-state index is 0.258. The Hall–Kier alpha value is -2.53. The topological polar surface area (TPSA) is 46.1 Å². The second-order valence-corrected chi connectivity index (χ2v) is 8.06. The largest absolute Gasteiger partial charge is 0.309 e. The van der Waals surface area contributed by atoms with E-state index < -0.39 is 0 Å². The molecule has 0 N–H and O–H groups in total. The SMILES string of the molecule is CCC(CC)N1C(=O)CCCc2cc(-c3csc(-c4ccncc4)n3)ccc21. The third-order valence-electron chi connectivity index (χ3n) is 5.48. The Bertz CT molecular complexity index is 963. The first-order valence-corrected chi connectivity index (χ1v) is 10.9. The van der Waals surface area contributed by atoms with Gasteiger partial charge in [0.1, 0.15) is 5.01 Å². The van der Waals surface area contributed by atoms with Crippen molar-refractivity contribution in [2.45, 2.75) is 52.0 Å². The van der Waals surface area contributed by atoms with E-state index in [-0.39, 0.29) is 11.9 Å². The quantitative estimate of drug-likeness (QED) is 0.558. The number of rotatable bonds is 5. The van der Waals surface area contributed by atoms with Crippen LogP contribution in [-0.2, 0) is 11.2 Å². The fourth-order valence-electron chi connectivity index (χ4n) is 3.95. The van der Waals surface area contributed by atoms with Gasteiger partial charge in [-0.05, 0) is 55.5 Å². The summed E-state index contributed by atoms with van der Waals surface area (Å²) in [4.78, 5) is 23.7. The Morgan fingerprint density at radius 3 is 2.61 bits per heavy atom. The van der Waals surface area contributed by atoms with Crippen molar-refractivity contribution in [2.75, 3.05) is 4.90 Å². The number of hydrogen-bond acceptors (Lipinski definition) is 4. The lowest BCUT2D eigenvalue weighted by atomic mass is 10.0. The monoisotopic (exact) mass is 391 g/mol. The molecule has 4 rings (SSSR count). The van der Waals surface area contributed by atoms with Crippen molar-refractivity contribution in [2.24, 2.45) is 0 Å².